The minimum Gasteiger partial charge on any atom is -0.368 e. The molecule has 0 N–H and O–H groups in total. The minimum atomic E-state index is 0.142. The van der Waals surface area contributed by atoms with Crippen molar-refractivity contribution in [3.63, 3.8) is 0 Å². The Morgan fingerprint density at radius 3 is 2.22 bits per heavy atom. The summed E-state index contributed by atoms with van der Waals surface area (Å²) < 4.78 is 0. The van der Waals surface area contributed by atoms with E-state index in [0.29, 0.717) is 6.04 Å². The number of aromatic nitrogens is 1. The maximum atomic E-state index is 12.7. The van der Waals surface area contributed by atoms with E-state index >= 15 is 0 Å². The van der Waals surface area contributed by atoms with E-state index in [1.807, 2.05) is 53.4 Å². The van der Waals surface area contributed by atoms with Gasteiger partial charge in [0.05, 0.1) is 10.6 Å². The van der Waals surface area contributed by atoms with Crippen LogP contribution in [0.15, 0.2) is 67.2 Å². The maximum Gasteiger partial charge on any atom is 0.253 e. The molecule has 0 atom stereocenters. The van der Waals surface area contributed by atoms with Gasteiger partial charge in [-0.3, -0.25) is 9.69 Å². The molecule has 0 aliphatic carbocycles. The van der Waals surface area contributed by atoms with Gasteiger partial charge in [-0.05, 0) is 19.1 Å². The van der Waals surface area contributed by atoms with Gasteiger partial charge in [0.15, 0.2) is 0 Å². The number of hydrogen-bond acceptors (Lipinski definition) is 5. The molecule has 2 fully saturated rings. The number of rotatable bonds is 5. The molecule has 164 valence electrons. The predicted molar refractivity (Wildman–Crippen MR) is 131 cm³/mol. The molecule has 2 aliphatic rings. The monoisotopic (exact) mass is 444 g/mol. The molecule has 5 nitrogen and oxygen atoms in total. The molecule has 2 aromatic carbocycles. The fourth-order valence-electron chi connectivity index (χ4n) is 4.47. The molecule has 0 radical (unpaired) electrons. The zero-order valence-electron chi connectivity index (χ0n) is 18.4. The SMILES string of the molecule is C=C(c1sc(-c2ccccc2)nc1C)N1CC(N2CCN(C(=O)c3ccccc3)CC2)C1. The van der Waals surface area contributed by atoms with E-state index in [1.54, 1.807) is 11.3 Å². The number of nitrogens with zero attached hydrogens (tertiary/aromatic N) is 4. The van der Waals surface area contributed by atoms with Gasteiger partial charge in [0.2, 0.25) is 0 Å². The number of aryl methyl sites for hydroxylation is 1. The van der Waals surface area contributed by atoms with Crippen LogP contribution in [0.2, 0.25) is 0 Å². The summed E-state index contributed by atoms with van der Waals surface area (Å²) in [6.07, 6.45) is 0. The zero-order valence-corrected chi connectivity index (χ0v) is 19.2. The van der Waals surface area contributed by atoms with E-state index in [2.05, 4.69) is 35.4 Å². The maximum absolute atomic E-state index is 12.7. The van der Waals surface area contributed by atoms with Crippen LogP contribution < -0.4 is 0 Å². The molecule has 3 heterocycles. The first kappa shape index (κ1) is 20.9. The molecule has 0 bridgehead atoms. The van der Waals surface area contributed by atoms with Gasteiger partial charge < -0.3 is 9.80 Å². The van der Waals surface area contributed by atoms with E-state index in [9.17, 15) is 4.79 Å². The molecule has 1 amide bonds. The molecule has 0 spiro atoms. The number of carbonyl (C=O) groups excluding carboxylic acids is 1. The van der Waals surface area contributed by atoms with Crippen molar-refractivity contribution >= 4 is 22.9 Å². The molecular weight excluding hydrogens is 416 g/mol. The first-order chi connectivity index (χ1) is 15.6. The fourth-order valence-corrected chi connectivity index (χ4v) is 5.54. The summed E-state index contributed by atoms with van der Waals surface area (Å²) in [5.74, 6) is 0.142. The summed E-state index contributed by atoms with van der Waals surface area (Å²) in [5, 5.41) is 1.05. The lowest BCUT2D eigenvalue weighted by atomic mass is 10.0. The Kier molecular flexibility index (Phi) is 5.81. The Morgan fingerprint density at radius 1 is 0.938 bits per heavy atom. The Morgan fingerprint density at radius 2 is 1.56 bits per heavy atom. The van der Waals surface area contributed by atoms with Crippen molar-refractivity contribution in [3.8, 4) is 10.6 Å². The number of benzene rings is 2. The van der Waals surface area contributed by atoms with Crippen LogP contribution in [0.3, 0.4) is 0 Å². The van der Waals surface area contributed by atoms with Gasteiger partial charge in [0.25, 0.3) is 5.91 Å². The summed E-state index contributed by atoms with van der Waals surface area (Å²) in [6, 6.07) is 20.5. The molecule has 3 aromatic rings. The quantitative estimate of drug-likeness (QED) is 0.590. The van der Waals surface area contributed by atoms with Gasteiger partial charge in [-0.15, -0.1) is 11.3 Å². The van der Waals surface area contributed by atoms with Crippen LogP contribution >= 0.6 is 11.3 Å². The van der Waals surface area contributed by atoms with Gasteiger partial charge in [-0.1, -0.05) is 55.1 Å². The lowest BCUT2D eigenvalue weighted by Crippen LogP contribution is -2.62. The molecule has 0 unspecified atom stereocenters. The van der Waals surface area contributed by atoms with Crippen LogP contribution in [-0.2, 0) is 0 Å². The first-order valence-electron chi connectivity index (χ1n) is 11.2. The minimum absolute atomic E-state index is 0.142. The molecule has 0 saturated carbocycles. The summed E-state index contributed by atoms with van der Waals surface area (Å²) in [4.78, 5) is 25.5. The lowest BCUT2D eigenvalue weighted by molar-refractivity contribution is 0.0284. The third-order valence-corrected chi connectivity index (χ3v) is 7.72. The fraction of sp³-hybridized carbons (Fsp3) is 0.308. The van der Waals surface area contributed by atoms with Crippen molar-refractivity contribution in [2.24, 2.45) is 0 Å². The highest BCUT2D eigenvalue weighted by molar-refractivity contribution is 7.16. The van der Waals surface area contributed by atoms with Gasteiger partial charge in [-0.2, -0.15) is 0 Å². The number of thiazole rings is 1. The van der Waals surface area contributed by atoms with E-state index in [0.717, 1.165) is 66.8 Å². The normalized spacial score (nSPS) is 17.3. The Labute approximate surface area is 193 Å². The Balaban J connectivity index is 1.15. The van der Waals surface area contributed by atoms with Crippen molar-refractivity contribution in [2.75, 3.05) is 39.3 Å². The smallest absolute Gasteiger partial charge is 0.253 e. The third kappa shape index (κ3) is 4.08. The molecule has 32 heavy (non-hydrogen) atoms. The largest absolute Gasteiger partial charge is 0.368 e. The highest BCUT2D eigenvalue weighted by Gasteiger charge is 2.35. The average molecular weight is 445 g/mol. The van der Waals surface area contributed by atoms with Crippen molar-refractivity contribution in [3.05, 3.63) is 83.4 Å². The van der Waals surface area contributed by atoms with Crippen molar-refractivity contribution in [2.45, 2.75) is 13.0 Å². The van der Waals surface area contributed by atoms with Gasteiger partial charge in [0.1, 0.15) is 5.01 Å². The van der Waals surface area contributed by atoms with E-state index in [4.69, 9.17) is 4.98 Å². The summed E-state index contributed by atoms with van der Waals surface area (Å²) in [5.41, 5.74) is 4.07. The summed E-state index contributed by atoms with van der Waals surface area (Å²) in [7, 11) is 0. The van der Waals surface area contributed by atoms with E-state index in [-0.39, 0.29) is 5.91 Å². The van der Waals surface area contributed by atoms with E-state index in [1.165, 1.54) is 4.88 Å². The van der Waals surface area contributed by atoms with Crippen LogP contribution in [0.1, 0.15) is 20.9 Å². The topological polar surface area (TPSA) is 39.7 Å². The van der Waals surface area contributed by atoms with Crippen LogP contribution in [0, 0.1) is 6.92 Å². The molecule has 2 saturated heterocycles. The predicted octanol–water partition coefficient (Wildman–Crippen LogP) is 4.23. The highest BCUT2D eigenvalue weighted by Crippen LogP contribution is 2.35. The summed E-state index contributed by atoms with van der Waals surface area (Å²) in [6.45, 7) is 11.9. The average Bonchev–Trinajstić information content (AvgIpc) is 3.21. The Hall–Kier alpha value is -2.96. The van der Waals surface area contributed by atoms with Crippen molar-refractivity contribution in [1.29, 1.82) is 0 Å². The Bertz CT molecular complexity index is 1100. The van der Waals surface area contributed by atoms with Crippen LogP contribution in [0.25, 0.3) is 16.3 Å². The number of piperazine rings is 1. The number of amides is 1. The standard InChI is InChI=1S/C26H28N4OS/c1-19-24(32-25(27-19)21-9-5-3-6-10-21)20(2)30-17-23(18-30)28-13-15-29(16-14-28)26(31)22-11-7-4-8-12-22/h3-12,23H,2,13-18H2,1H3. The second-order valence-corrected chi connectivity index (χ2v) is 9.50. The molecule has 6 heteroatoms. The van der Waals surface area contributed by atoms with Gasteiger partial charge in [-0.25, -0.2) is 4.98 Å². The van der Waals surface area contributed by atoms with E-state index < -0.39 is 0 Å². The zero-order chi connectivity index (χ0) is 22.1. The molecule has 2 aliphatic heterocycles. The first-order valence-corrected chi connectivity index (χ1v) is 12.0. The van der Waals surface area contributed by atoms with Crippen LogP contribution in [-0.4, -0.2) is 70.9 Å². The number of carbonyl (C=O) groups is 1. The second-order valence-electron chi connectivity index (χ2n) is 8.50. The van der Waals surface area contributed by atoms with Crippen LogP contribution in [0.4, 0.5) is 0 Å². The van der Waals surface area contributed by atoms with Gasteiger partial charge >= 0.3 is 0 Å². The number of hydrogen-bond donors (Lipinski definition) is 0. The highest BCUT2D eigenvalue weighted by atomic mass is 32.1. The van der Waals surface area contributed by atoms with Crippen LogP contribution in [0.5, 0.6) is 0 Å². The third-order valence-electron chi connectivity index (χ3n) is 6.46. The van der Waals surface area contributed by atoms with Crippen molar-refractivity contribution < 1.29 is 4.79 Å². The molecule has 5 rings (SSSR count). The lowest BCUT2D eigenvalue weighted by Gasteiger charge is -2.49. The molecule has 1 aromatic heterocycles. The number of likely N-dealkylation sites (tertiary alicyclic amines) is 1. The van der Waals surface area contributed by atoms with Crippen molar-refractivity contribution in [1.82, 2.24) is 19.7 Å². The molecular formula is C26H28N4OS. The van der Waals surface area contributed by atoms with Gasteiger partial charge in [0, 0.05) is 62.1 Å². The second kappa shape index (κ2) is 8.88. The summed E-state index contributed by atoms with van der Waals surface area (Å²) >= 11 is 1.73.